The summed E-state index contributed by atoms with van der Waals surface area (Å²) in [6.45, 7) is 0.112. The number of hydrogen-bond acceptors (Lipinski definition) is 4. The van der Waals surface area contributed by atoms with Gasteiger partial charge in [-0.2, -0.15) is 5.26 Å². The summed E-state index contributed by atoms with van der Waals surface area (Å²) < 4.78 is 19.2. The molecule has 0 saturated heterocycles. The maximum atomic E-state index is 13.9. The van der Waals surface area contributed by atoms with Crippen molar-refractivity contribution in [2.75, 3.05) is 0 Å². The fraction of sp³-hybridized carbons (Fsp3) is 0.0714. The maximum absolute atomic E-state index is 13.9. The van der Waals surface area contributed by atoms with Gasteiger partial charge in [-0.25, -0.2) is 4.39 Å². The van der Waals surface area contributed by atoms with E-state index in [0.29, 0.717) is 0 Å². The van der Waals surface area contributed by atoms with Crippen LogP contribution in [0.15, 0.2) is 42.5 Å². The van der Waals surface area contributed by atoms with E-state index < -0.39 is 22.0 Å². The zero-order valence-electron chi connectivity index (χ0n) is 10.2. The molecule has 2 aromatic carbocycles. The molecule has 0 N–H and O–H groups in total. The predicted octanol–water partition coefficient (Wildman–Crippen LogP) is 3.18. The van der Waals surface area contributed by atoms with E-state index in [1.165, 1.54) is 6.07 Å². The fourth-order valence-corrected chi connectivity index (χ4v) is 1.65. The van der Waals surface area contributed by atoms with Gasteiger partial charge in [-0.1, -0.05) is 30.3 Å². The average Bonchev–Trinajstić information content (AvgIpc) is 2.46. The molecule has 0 aliphatic rings. The molecule has 0 unspecified atom stereocenters. The number of ether oxygens (including phenoxy) is 1. The highest BCUT2D eigenvalue weighted by Gasteiger charge is 2.21. The number of nitriles is 1. The molecule has 0 amide bonds. The minimum absolute atomic E-state index is 0.112. The molecular formula is C14H9FN2O3. The number of hydrogen-bond donors (Lipinski definition) is 0. The highest BCUT2D eigenvalue weighted by molar-refractivity contribution is 5.53. The van der Waals surface area contributed by atoms with E-state index in [2.05, 4.69) is 0 Å². The number of nitrogens with zero attached hydrogens (tertiary/aromatic N) is 2. The average molecular weight is 272 g/mol. The molecule has 0 saturated carbocycles. The molecule has 6 heteroatoms. The minimum atomic E-state index is -1.02. The molecule has 0 bridgehead atoms. The van der Waals surface area contributed by atoms with Crippen molar-refractivity contribution >= 4 is 5.69 Å². The van der Waals surface area contributed by atoms with Gasteiger partial charge in [-0.05, 0) is 11.6 Å². The predicted molar refractivity (Wildman–Crippen MR) is 68.5 cm³/mol. The zero-order chi connectivity index (χ0) is 14.5. The van der Waals surface area contributed by atoms with Gasteiger partial charge in [0.15, 0.2) is 17.1 Å². The first-order valence-corrected chi connectivity index (χ1v) is 5.67. The molecule has 0 aliphatic heterocycles. The van der Waals surface area contributed by atoms with Crippen molar-refractivity contribution in [2.24, 2.45) is 0 Å². The smallest absolute Gasteiger partial charge is 0.290 e. The number of nitro benzene ring substituents is 1. The molecule has 5 nitrogen and oxygen atoms in total. The summed E-state index contributed by atoms with van der Waals surface area (Å²) in [6, 6.07) is 12.8. The number of rotatable bonds is 4. The van der Waals surface area contributed by atoms with Crippen molar-refractivity contribution in [3.05, 3.63) is 69.5 Å². The number of halogens is 1. The Kier molecular flexibility index (Phi) is 3.91. The Morgan fingerprint density at radius 3 is 2.55 bits per heavy atom. The van der Waals surface area contributed by atoms with Crippen LogP contribution in [0.5, 0.6) is 5.75 Å². The van der Waals surface area contributed by atoms with Crippen molar-refractivity contribution in [3.63, 3.8) is 0 Å². The Balaban J connectivity index is 2.26. The van der Waals surface area contributed by atoms with Crippen LogP contribution in [-0.2, 0) is 6.61 Å². The van der Waals surface area contributed by atoms with Gasteiger partial charge >= 0.3 is 0 Å². The van der Waals surface area contributed by atoms with Crippen molar-refractivity contribution < 1.29 is 14.1 Å². The van der Waals surface area contributed by atoms with E-state index in [0.717, 1.165) is 17.7 Å². The molecule has 0 radical (unpaired) electrons. The molecule has 20 heavy (non-hydrogen) atoms. The van der Waals surface area contributed by atoms with Gasteiger partial charge in [0.2, 0.25) is 0 Å². The molecule has 2 rings (SSSR count). The van der Waals surface area contributed by atoms with E-state index >= 15 is 0 Å². The van der Waals surface area contributed by atoms with Crippen LogP contribution in [0.25, 0.3) is 0 Å². The van der Waals surface area contributed by atoms with Crippen molar-refractivity contribution in [1.29, 1.82) is 5.26 Å². The van der Waals surface area contributed by atoms with E-state index in [4.69, 9.17) is 10.00 Å². The first-order valence-electron chi connectivity index (χ1n) is 5.67. The summed E-state index contributed by atoms with van der Waals surface area (Å²) in [5.41, 5.74) is -0.374. The lowest BCUT2D eigenvalue weighted by Crippen LogP contribution is -2.01. The lowest BCUT2D eigenvalue weighted by atomic mass is 10.1. The molecule has 0 spiro atoms. The van der Waals surface area contributed by atoms with Gasteiger partial charge < -0.3 is 4.74 Å². The molecular weight excluding hydrogens is 263 g/mol. The third-order valence-corrected chi connectivity index (χ3v) is 2.63. The lowest BCUT2D eigenvalue weighted by molar-refractivity contribution is -0.385. The number of benzene rings is 2. The summed E-state index contributed by atoms with van der Waals surface area (Å²) in [7, 11) is 0. The molecule has 100 valence electrons. The Morgan fingerprint density at radius 2 is 1.95 bits per heavy atom. The Bertz CT molecular complexity index is 681. The molecule has 0 aliphatic carbocycles. The van der Waals surface area contributed by atoms with Gasteiger partial charge in [-0.3, -0.25) is 10.1 Å². The van der Waals surface area contributed by atoms with Gasteiger partial charge in [0.25, 0.3) is 5.69 Å². The van der Waals surface area contributed by atoms with Crippen LogP contribution < -0.4 is 4.74 Å². The zero-order valence-corrected chi connectivity index (χ0v) is 10.2. The molecule has 0 aromatic heterocycles. The summed E-state index contributed by atoms with van der Waals surface area (Å²) in [5.74, 6) is -1.20. The highest BCUT2D eigenvalue weighted by Crippen LogP contribution is 2.28. The van der Waals surface area contributed by atoms with Crippen molar-refractivity contribution in [3.8, 4) is 11.8 Å². The summed E-state index contributed by atoms with van der Waals surface area (Å²) in [6.07, 6.45) is 0. The van der Waals surface area contributed by atoms with Crippen LogP contribution in [0.4, 0.5) is 10.1 Å². The third-order valence-electron chi connectivity index (χ3n) is 2.63. The second-order valence-electron chi connectivity index (χ2n) is 3.91. The van der Waals surface area contributed by atoms with Crippen LogP contribution in [0, 0.1) is 27.3 Å². The molecule has 0 heterocycles. The van der Waals surface area contributed by atoms with Gasteiger partial charge in [-0.15, -0.1) is 0 Å². The second kappa shape index (κ2) is 5.80. The SMILES string of the molecule is N#Cc1c([N+](=O)[O-])ccc(OCc2ccccc2)c1F. The molecule has 2 aromatic rings. The molecule has 0 atom stereocenters. The van der Waals surface area contributed by atoms with Crippen LogP contribution in [-0.4, -0.2) is 4.92 Å². The van der Waals surface area contributed by atoms with Gasteiger partial charge in [0.05, 0.1) is 4.92 Å². The topological polar surface area (TPSA) is 76.2 Å². The minimum Gasteiger partial charge on any atom is -0.486 e. The second-order valence-corrected chi connectivity index (χ2v) is 3.91. The van der Waals surface area contributed by atoms with E-state index in [-0.39, 0.29) is 12.4 Å². The van der Waals surface area contributed by atoms with Gasteiger partial charge in [0.1, 0.15) is 12.7 Å². The van der Waals surface area contributed by atoms with Gasteiger partial charge in [0, 0.05) is 6.07 Å². The normalized spacial score (nSPS) is 9.80. The van der Waals surface area contributed by atoms with Crippen LogP contribution in [0.1, 0.15) is 11.1 Å². The number of nitro groups is 1. The van der Waals surface area contributed by atoms with Crippen molar-refractivity contribution in [2.45, 2.75) is 6.61 Å². The summed E-state index contributed by atoms with van der Waals surface area (Å²) in [5, 5.41) is 19.5. The van der Waals surface area contributed by atoms with Crippen LogP contribution in [0.3, 0.4) is 0 Å². The van der Waals surface area contributed by atoms with Crippen LogP contribution in [0.2, 0.25) is 0 Å². The first kappa shape index (κ1) is 13.5. The lowest BCUT2D eigenvalue weighted by Gasteiger charge is -2.08. The Hall–Kier alpha value is -2.94. The largest absolute Gasteiger partial charge is 0.486 e. The third kappa shape index (κ3) is 2.72. The quantitative estimate of drug-likeness (QED) is 0.632. The monoisotopic (exact) mass is 272 g/mol. The molecule has 0 fully saturated rings. The first-order chi connectivity index (χ1) is 9.63. The van der Waals surface area contributed by atoms with E-state index in [1.807, 2.05) is 18.2 Å². The Morgan fingerprint density at radius 1 is 1.25 bits per heavy atom. The van der Waals surface area contributed by atoms with Crippen LogP contribution >= 0.6 is 0 Å². The highest BCUT2D eigenvalue weighted by atomic mass is 19.1. The van der Waals surface area contributed by atoms with E-state index in [1.54, 1.807) is 12.1 Å². The summed E-state index contributed by atoms with van der Waals surface area (Å²) >= 11 is 0. The fourth-order valence-electron chi connectivity index (χ4n) is 1.65. The maximum Gasteiger partial charge on any atom is 0.290 e. The summed E-state index contributed by atoms with van der Waals surface area (Å²) in [4.78, 5) is 9.87. The van der Waals surface area contributed by atoms with Crippen molar-refractivity contribution in [1.82, 2.24) is 0 Å². The Labute approximate surface area is 114 Å². The standard InChI is InChI=1S/C14H9FN2O3/c15-14-11(8-16)12(17(18)19)6-7-13(14)20-9-10-4-2-1-3-5-10/h1-7H,9H2. The van der Waals surface area contributed by atoms with E-state index in [9.17, 15) is 14.5 Å².